The van der Waals surface area contributed by atoms with Gasteiger partial charge in [0.2, 0.25) is 17.3 Å². The largest absolute Gasteiger partial charge is 0.571 e. The van der Waals surface area contributed by atoms with Crippen LogP contribution in [0.25, 0.3) is 11.1 Å². The Labute approximate surface area is 190 Å². The van der Waals surface area contributed by atoms with Gasteiger partial charge >= 0.3 is 0 Å². The molecule has 0 radical (unpaired) electrons. The number of hydrogen-bond donors (Lipinski definition) is 0. The molecule has 0 amide bonds. The Morgan fingerprint density at radius 2 is 1.61 bits per heavy atom. The van der Waals surface area contributed by atoms with Gasteiger partial charge in [-0.25, -0.2) is 0 Å². The summed E-state index contributed by atoms with van der Waals surface area (Å²) in [6.45, 7) is 2.22. The molecule has 0 aliphatic heterocycles. The molecule has 33 heavy (non-hydrogen) atoms. The Morgan fingerprint density at radius 3 is 2.30 bits per heavy atom. The van der Waals surface area contributed by atoms with Crippen LogP contribution in [0.2, 0.25) is 0 Å². The van der Waals surface area contributed by atoms with E-state index in [-0.39, 0.29) is 34.8 Å². The summed E-state index contributed by atoms with van der Waals surface area (Å²) >= 11 is 0. The lowest BCUT2D eigenvalue weighted by Crippen LogP contribution is -2.41. The van der Waals surface area contributed by atoms with Gasteiger partial charge in [-0.15, -0.1) is 4.68 Å². The molecular formula is C26H21N3O4. The van der Waals surface area contributed by atoms with Crippen molar-refractivity contribution in [2.45, 2.75) is 19.9 Å². The van der Waals surface area contributed by atoms with Gasteiger partial charge in [0.1, 0.15) is 5.75 Å². The summed E-state index contributed by atoms with van der Waals surface area (Å²) < 4.78 is 6.82. The number of fused-ring (bicyclic) bond motifs is 2. The molecule has 3 aromatic carbocycles. The van der Waals surface area contributed by atoms with Crippen molar-refractivity contribution in [3.8, 4) is 16.9 Å². The third-order valence-electron chi connectivity index (χ3n) is 5.99. The molecule has 0 saturated heterocycles. The molecule has 0 N–H and O–H groups in total. The second kappa shape index (κ2) is 8.02. The van der Waals surface area contributed by atoms with Crippen molar-refractivity contribution in [2.24, 2.45) is 0 Å². The lowest BCUT2D eigenvalue weighted by molar-refractivity contribution is -0.749. The third-order valence-corrected chi connectivity index (χ3v) is 5.99. The van der Waals surface area contributed by atoms with Crippen LogP contribution < -0.4 is 9.70 Å². The van der Waals surface area contributed by atoms with Gasteiger partial charge in [-0.05, 0) is 36.1 Å². The van der Waals surface area contributed by atoms with Crippen molar-refractivity contribution in [2.75, 3.05) is 7.11 Å². The van der Waals surface area contributed by atoms with Gasteiger partial charge in [-0.1, -0.05) is 66.2 Å². The van der Waals surface area contributed by atoms with E-state index < -0.39 is 5.78 Å². The maximum Gasteiger partial charge on any atom is 0.220 e. The van der Waals surface area contributed by atoms with Crippen LogP contribution in [0.1, 0.15) is 43.2 Å². The predicted molar refractivity (Wildman–Crippen MR) is 121 cm³/mol. The fraction of sp³-hybridized carbons (Fsp3) is 0.154. The molecule has 1 aliphatic carbocycles. The first-order chi connectivity index (χ1) is 16.0. The Morgan fingerprint density at radius 1 is 0.939 bits per heavy atom. The van der Waals surface area contributed by atoms with Gasteiger partial charge in [-0.2, -0.15) is 0 Å². The van der Waals surface area contributed by atoms with Crippen LogP contribution in [0.3, 0.4) is 0 Å². The molecule has 0 saturated carbocycles. The highest BCUT2D eigenvalue weighted by Crippen LogP contribution is 2.29. The first-order valence-corrected chi connectivity index (χ1v) is 10.6. The number of methoxy groups -OCH3 is 1. The average molecular weight is 439 g/mol. The molecule has 1 aromatic heterocycles. The number of aryl methyl sites for hydroxylation is 2. The van der Waals surface area contributed by atoms with Crippen LogP contribution in [0.4, 0.5) is 0 Å². The highest BCUT2D eigenvalue weighted by atomic mass is 16.5. The maximum atomic E-state index is 13.1. The maximum absolute atomic E-state index is 13.1. The summed E-state index contributed by atoms with van der Waals surface area (Å²) in [7, 11) is 1.60. The van der Waals surface area contributed by atoms with Crippen molar-refractivity contribution < 1.29 is 19.3 Å². The minimum absolute atomic E-state index is 0.0314. The van der Waals surface area contributed by atoms with Gasteiger partial charge in [0.05, 0.1) is 13.7 Å². The lowest BCUT2D eigenvalue weighted by atomic mass is 9.90. The summed E-state index contributed by atoms with van der Waals surface area (Å²) in [5.41, 5.74) is 4.66. The number of benzene rings is 3. The van der Waals surface area contributed by atoms with Crippen molar-refractivity contribution in [3.05, 3.63) is 106 Å². The molecular weight excluding hydrogens is 418 g/mol. The number of carbonyl (C=O) groups is 2. The zero-order valence-corrected chi connectivity index (χ0v) is 18.2. The van der Waals surface area contributed by atoms with Crippen LogP contribution in [0, 0.1) is 12.1 Å². The quantitative estimate of drug-likeness (QED) is 0.309. The van der Waals surface area contributed by atoms with Crippen LogP contribution in [0.15, 0.2) is 66.7 Å². The Hall–Kier alpha value is -4.26. The highest BCUT2D eigenvalue weighted by Gasteiger charge is 2.39. The second-order valence-electron chi connectivity index (χ2n) is 8.02. The molecule has 0 fully saturated rings. The lowest BCUT2D eigenvalue weighted by Gasteiger charge is -2.13. The van der Waals surface area contributed by atoms with Crippen LogP contribution in [0.5, 0.6) is 5.75 Å². The number of nitrogens with zero attached hydrogens (tertiary/aromatic N) is 3. The van der Waals surface area contributed by atoms with E-state index in [0.717, 1.165) is 16.7 Å². The standard InChI is InChI=1S/C26H21N3O4/c1-16-7-9-17(10-8-16)19-12-11-18(22(15-19)33-2)13-14-28-24-23(27-29(28)32)25(30)20-5-3-4-6-21(20)26(24)31/h3-12,15H,13-14H2,1-2H3. The van der Waals surface area contributed by atoms with E-state index in [9.17, 15) is 14.8 Å². The van der Waals surface area contributed by atoms with Crippen LogP contribution >= 0.6 is 0 Å². The van der Waals surface area contributed by atoms with Crippen molar-refractivity contribution >= 4 is 11.6 Å². The first kappa shape index (κ1) is 20.6. The topological polar surface area (TPSA) is 88.1 Å². The minimum atomic E-state index is -0.413. The number of ketones is 2. The molecule has 0 atom stereocenters. The van der Waals surface area contributed by atoms with Gasteiger partial charge in [0.25, 0.3) is 0 Å². The minimum Gasteiger partial charge on any atom is -0.571 e. The molecule has 1 aliphatic rings. The second-order valence-corrected chi connectivity index (χ2v) is 8.02. The first-order valence-electron chi connectivity index (χ1n) is 10.6. The fourth-order valence-electron chi connectivity index (χ4n) is 4.21. The van der Waals surface area contributed by atoms with E-state index in [0.29, 0.717) is 17.1 Å². The number of hydrogen-bond acceptors (Lipinski definition) is 5. The van der Waals surface area contributed by atoms with Crippen LogP contribution in [-0.2, 0) is 13.0 Å². The van der Waals surface area contributed by atoms with Gasteiger partial charge in [0.15, 0.2) is 5.69 Å². The van der Waals surface area contributed by atoms with E-state index in [1.807, 2.05) is 25.1 Å². The monoisotopic (exact) mass is 439 g/mol. The fourth-order valence-corrected chi connectivity index (χ4v) is 4.21. The Balaban J connectivity index is 1.45. The number of carbonyl (C=O) groups excluding carboxylic acids is 2. The molecule has 7 heteroatoms. The molecule has 164 valence electrons. The Bertz CT molecular complexity index is 1400. The molecule has 7 nitrogen and oxygen atoms in total. The smallest absolute Gasteiger partial charge is 0.220 e. The van der Waals surface area contributed by atoms with Crippen molar-refractivity contribution in [3.63, 3.8) is 0 Å². The predicted octanol–water partition coefficient (Wildman–Crippen LogP) is 3.52. The summed E-state index contributed by atoms with van der Waals surface area (Å²) in [6, 6.07) is 20.7. The molecule has 1 heterocycles. The summed E-state index contributed by atoms with van der Waals surface area (Å²) in [5, 5.41) is 16.3. The van der Waals surface area contributed by atoms with E-state index in [1.165, 1.54) is 10.2 Å². The zero-order chi connectivity index (χ0) is 23.1. The van der Waals surface area contributed by atoms with Crippen molar-refractivity contribution in [1.29, 1.82) is 0 Å². The Kier molecular flexibility index (Phi) is 5.01. The van der Waals surface area contributed by atoms with E-state index in [4.69, 9.17) is 4.74 Å². The summed E-state index contributed by atoms with van der Waals surface area (Å²) in [4.78, 5) is 26.2. The van der Waals surface area contributed by atoms with Gasteiger partial charge < -0.3 is 9.94 Å². The summed E-state index contributed by atoms with van der Waals surface area (Å²) in [5.74, 6) is -0.0974. The molecule has 0 bridgehead atoms. The molecule has 0 unspecified atom stereocenters. The zero-order valence-electron chi connectivity index (χ0n) is 18.2. The van der Waals surface area contributed by atoms with Crippen molar-refractivity contribution in [1.82, 2.24) is 9.78 Å². The summed E-state index contributed by atoms with van der Waals surface area (Å²) in [6.07, 6.45) is 0.422. The highest BCUT2D eigenvalue weighted by molar-refractivity contribution is 6.26. The van der Waals surface area contributed by atoms with Crippen LogP contribution in [-0.4, -0.2) is 28.5 Å². The van der Waals surface area contributed by atoms with Gasteiger partial charge in [0, 0.05) is 21.2 Å². The van der Waals surface area contributed by atoms with E-state index in [1.54, 1.807) is 31.4 Å². The van der Waals surface area contributed by atoms with E-state index in [2.05, 4.69) is 29.4 Å². The normalized spacial score (nSPS) is 12.4. The average Bonchev–Trinajstić information content (AvgIpc) is 3.18. The SMILES string of the molecule is COc1cc(-c2ccc(C)cc2)ccc1CCn1c2c(n[n+]1[O-])C(=O)c1ccccc1C2=O. The van der Waals surface area contributed by atoms with Gasteiger partial charge in [-0.3, -0.25) is 9.59 Å². The molecule has 4 aromatic rings. The third kappa shape index (κ3) is 3.47. The molecule has 5 rings (SSSR count). The molecule has 0 spiro atoms. The van der Waals surface area contributed by atoms with E-state index >= 15 is 0 Å². The number of ether oxygens (including phenoxy) is 1. The number of rotatable bonds is 5. The number of aromatic nitrogens is 3.